The molecule has 2 aromatic carbocycles. The molecule has 0 aliphatic heterocycles. The highest BCUT2D eigenvalue weighted by Gasteiger charge is 2.14. The molecular formula is C18H17N3OS. The second-order valence-electron chi connectivity index (χ2n) is 5.02. The van der Waals surface area contributed by atoms with Crippen LogP contribution < -0.4 is 10.2 Å². The average Bonchev–Trinajstić information content (AvgIpc) is 3.13. The molecule has 5 heteroatoms. The topological polar surface area (TPSA) is 45.2 Å². The molecule has 0 spiro atoms. The smallest absolute Gasteiger partial charge is 0.253 e. The highest BCUT2D eigenvalue weighted by molar-refractivity contribution is 7.09. The van der Waals surface area contributed by atoms with Gasteiger partial charge in [-0.1, -0.05) is 30.3 Å². The highest BCUT2D eigenvalue weighted by atomic mass is 32.1. The number of carbonyl (C=O) groups is 1. The molecule has 0 saturated heterocycles. The third-order valence-electron chi connectivity index (χ3n) is 3.54. The molecule has 0 aliphatic rings. The standard InChI is InChI=1S/C18H17N3OS/c1-21(14-7-3-2-4-8-14)16-10-6-5-9-15(16)18(22)20-13-17-19-11-12-23-17/h2-12H,13H2,1H3,(H,20,22). The number of rotatable bonds is 5. The van der Waals surface area contributed by atoms with Gasteiger partial charge >= 0.3 is 0 Å². The number of nitrogens with one attached hydrogen (secondary N) is 1. The highest BCUT2D eigenvalue weighted by Crippen LogP contribution is 2.26. The van der Waals surface area contributed by atoms with Crippen molar-refractivity contribution in [3.63, 3.8) is 0 Å². The van der Waals surface area contributed by atoms with Crippen LogP contribution in [0.25, 0.3) is 0 Å². The Balaban J connectivity index is 1.81. The normalized spacial score (nSPS) is 10.3. The van der Waals surface area contributed by atoms with Crippen molar-refractivity contribution in [2.75, 3.05) is 11.9 Å². The molecule has 1 aromatic heterocycles. The molecule has 0 atom stereocenters. The summed E-state index contributed by atoms with van der Waals surface area (Å²) in [7, 11) is 1.96. The van der Waals surface area contributed by atoms with Crippen LogP contribution in [0.5, 0.6) is 0 Å². The van der Waals surface area contributed by atoms with Crippen LogP contribution in [-0.2, 0) is 6.54 Å². The number of hydrogen-bond acceptors (Lipinski definition) is 4. The van der Waals surface area contributed by atoms with E-state index in [1.807, 2.05) is 71.9 Å². The van der Waals surface area contributed by atoms with Crippen LogP contribution in [0.15, 0.2) is 66.2 Å². The average molecular weight is 323 g/mol. The number of anilines is 2. The van der Waals surface area contributed by atoms with E-state index in [9.17, 15) is 4.79 Å². The summed E-state index contributed by atoms with van der Waals surface area (Å²) in [5, 5.41) is 5.73. The van der Waals surface area contributed by atoms with Crippen LogP contribution in [-0.4, -0.2) is 17.9 Å². The summed E-state index contributed by atoms with van der Waals surface area (Å²) < 4.78 is 0. The van der Waals surface area contributed by atoms with Gasteiger partial charge < -0.3 is 10.2 Å². The van der Waals surface area contributed by atoms with Crippen molar-refractivity contribution in [2.45, 2.75) is 6.54 Å². The van der Waals surface area contributed by atoms with Crippen molar-refractivity contribution in [1.29, 1.82) is 0 Å². The van der Waals surface area contributed by atoms with E-state index in [-0.39, 0.29) is 5.91 Å². The van der Waals surface area contributed by atoms with Crippen LogP contribution in [0.2, 0.25) is 0 Å². The quantitative estimate of drug-likeness (QED) is 0.776. The Kier molecular flexibility index (Phi) is 4.68. The summed E-state index contributed by atoms with van der Waals surface area (Å²) in [4.78, 5) is 18.7. The Bertz CT molecular complexity index is 772. The Hall–Kier alpha value is -2.66. The lowest BCUT2D eigenvalue weighted by molar-refractivity contribution is 0.0951. The van der Waals surface area contributed by atoms with Gasteiger partial charge in [-0.05, 0) is 24.3 Å². The number of para-hydroxylation sites is 2. The second-order valence-corrected chi connectivity index (χ2v) is 6.00. The van der Waals surface area contributed by atoms with Crippen molar-refractivity contribution >= 4 is 28.6 Å². The lowest BCUT2D eigenvalue weighted by Gasteiger charge is -2.22. The number of nitrogens with zero attached hydrogens (tertiary/aromatic N) is 2. The van der Waals surface area contributed by atoms with Gasteiger partial charge in [0.05, 0.1) is 17.8 Å². The van der Waals surface area contributed by atoms with E-state index in [0.717, 1.165) is 16.4 Å². The fourth-order valence-corrected chi connectivity index (χ4v) is 2.90. The minimum atomic E-state index is -0.0985. The van der Waals surface area contributed by atoms with Crippen molar-refractivity contribution < 1.29 is 4.79 Å². The van der Waals surface area contributed by atoms with Gasteiger partial charge in [0.1, 0.15) is 5.01 Å². The summed E-state index contributed by atoms with van der Waals surface area (Å²) >= 11 is 1.53. The summed E-state index contributed by atoms with van der Waals surface area (Å²) in [5.74, 6) is -0.0985. The first-order valence-electron chi connectivity index (χ1n) is 7.30. The fraction of sp³-hybridized carbons (Fsp3) is 0.111. The van der Waals surface area contributed by atoms with Gasteiger partial charge in [0, 0.05) is 24.3 Å². The van der Waals surface area contributed by atoms with E-state index >= 15 is 0 Å². The van der Waals surface area contributed by atoms with Crippen molar-refractivity contribution in [2.24, 2.45) is 0 Å². The predicted octanol–water partition coefficient (Wildman–Crippen LogP) is 3.84. The third kappa shape index (κ3) is 3.57. The Labute approximate surface area is 139 Å². The molecule has 0 fully saturated rings. The molecule has 4 nitrogen and oxygen atoms in total. The minimum absolute atomic E-state index is 0.0985. The third-order valence-corrected chi connectivity index (χ3v) is 4.32. The second kappa shape index (κ2) is 7.07. The molecule has 3 rings (SSSR count). The molecule has 3 aromatic rings. The van der Waals surface area contributed by atoms with Crippen LogP contribution in [0.3, 0.4) is 0 Å². The van der Waals surface area contributed by atoms with Crippen LogP contribution in [0.4, 0.5) is 11.4 Å². The molecule has 116 valence electrons. The maximum absolute atomic E-state index is 12.5. The predicted molar refractivity (Wildman–Crippen MR) is 94.2 cm³/mol. The van der Waals surface area contributed by atoms with Gasteiger partial charge in [-0.3, -0.25) is 4.79 Å². The van der Waals surface area contributed by atoms with E-state index in [0.29, 0.717) is 12.1 Å². The zero-order valence-corrected chi connectivity index (χ0v) is 13.6. The number of thiazole rings is 1. The van der Waals surface area contributed by atoms with Crippen LogP contribution in [0.1, 0.15) is 15.4 Å². The molecule has 0 unspecified atom stereocenters. The van der Waals surface area contributed by atoms with E-state index in [1.165, 1.54) is 11.3 Å². The maximum atomic E-state index is 12.5. The molecule has 0 saturated carbocycles. The van der Waals surface area contributed by atoms with E-state index < -0.39 is 0 Å². The lowest BCUT2D eigenvalue weighted by atomic mass is 10.1. The molecule has 1 amide bonds. The summed E-state index contributed by atoms with van der Waals surface area (Å²) in [5.41, 5.74) is 2.55. The number of aromatic nitrogens is 1. The zero-order valence-electron chi connectivity index (χ0n) is 12.8. The van der Waals surface area contributed by atoms with Crippen LogP contribution >= 0.6 is 11.3 Å². The fourth-order valence-electron chi connectivity index (χ4n) is 2.34. The van der Waals surface area contributed by atoms with Gasteiger partial charge in [-0.2, -0.15) is 0 Å². The number of benzene rings is 2. The zero-order chi connectivity index (χ0) is 16.1. The van der Waals surface area contributed by atoms with Gasteiger partial charge in [0.25, 0.3) is 5.91 Å². The molecule has 1 N–H and O–H groups in total. The summed E-state index contributed by atoms with van der Waals surface area (Å²) in [6, 6.07) is 17.6. The molecule has 0 bridgehead atoms. The first-order chi connectivity index (χ1) is 11.3. The first-order valence-corrected chi connectivity index (χ1v) is 8.18. The van der Waals surface area contributed by atoms with Crippen molar-refractivity contribution in [3.05, 3.63) is 76.7 Å². The summed E-state index contributed by atoms with van der Waals surface area (Å²) in [6.45, 7) is 0.444. The van der Waals surface area contributed by atoms with E-state index in [2.05, 4.69) is 10.3 Å². The summed E-state index contributed by atoms with van der Waals surface area (Å²) in [6.07, 6.45) is 1.74. The first kappa shape index (κ1) is 15.2. The SMILES string of the molecule is CN(c1ccccc1)c1ccccc1C(=O)NCc1nccs1. The Morgan fingerprint density at radius 3 is 2.61 bits per heavy atom. The van der Waals surface area contributed by atoms with E-state index in [4.69, 9.17) is 0 Å². The van der Waals surface area contributed by atoms with Crippen molar-refractivity contribution in [1.82, 2.24) is 10.3 Å². The molecular weight excluding hydrogens is 306 g/mol. The molecule has 0 radical (unpaired) electrons. The minimum Gasteiger partial charge on any atom is -0.345 e. The van der Waals surface area contributed by atoms with Gasteiger partial charge in [-0.15, -0.1) is 11.3 Å². The Morgan fingerprint density at radius 2 is 1.87 bits per heavy atom. The molecule has 23 heavy (non-hydrogen) atoms. The Morgan fingerprint density at radius 1 is 1.13 bits per heavy atom. The van der Waals surface area contributed by atoms with Gasteiger partial charge in [0.2, 0.25) is 0 Å². The molecule has 1 heterocycles. The van der Waals surface area contributed by atoms with Gasteiger partial charge in [-0.25, -0.2) is 4.98 Å². The number of carbonyl (C=O) groups excluding carboxylic acids is 1. The maximum Gasteiger partial charge on any atom is 0.253 e. The van der Waals surface area contributed by atoms with Crippen molar-refractivity contribution in [3.8, 4) is 0 Å². The lowest BCUT2D eigenvalue weighted by Crippen LogP contribution is -2.25. The monoisotopic (exact) mass is 323 g/mol. The van der Waals surface area contributed by atoms with E-state index in [1.54, 1.807) is 6.20 Å². The molecule has 0 aliphatic carbocycles. The number of hydrogen-bond donors (Lipinski definition) is 1. The van der Waals surface area contributed by atoms with Crippen LogP contribution in [0, 0.1) is 0 Å². The number of amides is 1. The largest absolute Gasteiger partial charge is 0.345 e. The van der Waals surface area contributed by atoms with Gasteiger partial charge in [0.15, 0.2) is 0 Å².